The van der Waals surface area contributed by atoms with Gasteiger partial charge in [0, 0.05) is 5.69 Å². The van der Waals surface area contributed by atoms with Crippen molar-refractivity contribution in [3.63, 3.8) is 0 Å². The topological polar surface area (TPSA) is 101 Å². The standard InChI is InChI=1S/C15H18N2O5/c1-5-21-14(18)10(8-16)7-11-13(20-4)12(9(3)17-11)15(19)22-6-2/h7,17H,5-6H2,1-4H3. The Hall–Kier alpha value is -2.75. The number of nitriles is 1. The molecule has 0 bridgehead atoms. The van der Waals surface area contributed by atoms with Crippen molar-refractivity contribution >= 4 is 18.0 Å². The number of hydrogen-bond acceptors (Lipinski definition) is 6. The monoisotopic (exact) mass is 306 g/mol. The fraction of sp³-hybridized carbons (Fsp3) is 0.400. The number of esters is 2. The Morgan fingerprint density at radius 3 is 2.41 bits per heavy atom. The van der Waals surface area contributed by atoms with Crippen molar-refractivity contribution in [2.45, 2.75) is 20.8 Å². The first-order valence-corrected chi connectivity index (χ1v) is 6.72. The number of nitrogens with one attached hydrogen (secondary N) is 1. The minimum atomic E-state index is -0.739. The highest BCUT2D eigenvalue weighted by molar-refractivity contribution is 6.00. The Kier molecular flexibility index (Phi) is 6.20. The van der Waals surface area contributed by atoms with Crippen molar-refractivity contribution < 1.29 is 23.8 Å². The zero-order chi connectivity index (χ0) is 16.7. The maximum atomic E-state index is 12.0. The molecule has 0 radical (unpaired) electrons. The molecular formula is C15H18N2O5. The van der Waals surface area contributed by atoms with Crippen LogP contribution in [0.1, 0.15) is 35.6 Å². The smallest absolute Gasteiger partial charge is 0.348 e. The number of hydrogen-bond donors (Lipinski definition) is 1. The summed E-state index contributed by atoms with van der Waals surface area (Å²) >= 11 is 0. The first-order chi connectivity index (χ1) is 10.5. The van der Waals surface area contributed by atoms with E-state index in [1.165, 1.54) is 13.2 Å². The highest BCUT2D eigenvalue weighted by atomic mass is 16.5. The van der Waals surface area contributed by atoms with E-state index in [0.29, 0.717) is 11.4 Å². The molecule has 7 heteroatoms. The van der Waals surface area contributed by atoms with Gasteiger partial charge in [0.05, 0.1) is 26.0 Å². The van der Waals surface area contributed by atoms with Crippen LogP contribution in [0.5, 0.6) is 5.75 Å². The second-order valence-electron chi connectivity index (χ2n) is 4.18. The lowest BCUT2D eigenvalue weighted by atomic mass is 10.2. The van der Waals surface area contributed by atoms with Crippen molar-refractivity contribution in [1.29, 1.82) is 5.26 Å². The van der Waals surface area contributed by atoms with E-state index in [-0.39, 0.29) is 30.1 Å². The molecule has 0 saturated heterocycles. The Bertz CT molecular complexity index is 637. The average molecular weight is 306 g/mol. The summed E-state index contributed by atoms with van der Waals surface area (Å²) in [5.41, 5.74) is 0.879. The Balaban J connectivity index is 3.32. The number of aromatic nitrogens is 1. The van der Waals surface area contributed by atoms with Crippen LogP contribution in [0, 0.1) is 18.3 Å². The van der Waals surface area contributed by atoms with Gasteiger partial charge in [0.15, 0.2) is 5.75 Å². The van der Waals surface area contributed by atoms with E-state index in [4.69, 9.17) is 19.5 Å². The van der Waals surface area contributed by atoms with E-state index < -0.39 is 11.9 Å². The number of aryl methyl sites for hydroxylation is 1. The van der Waals surface area contributed by atoms with Crippen molar-refractivity contribution in [3.8, 4) is 11.8 Å². The third-order valence-electron chi connectivity index (χ3n) is 2.76. The second-order valence-corrected chi connectivity index (χ2v) is 4.18. The van der Waals surface area contributed by atoms with Crippen LogP contribution in [-0.4, -0.2) is 37.2 Å². The van der Waals surface area contributed by atoms with E-state index in [0.717, 1.165) is 0 Å². The summed E-state index contributed by atoms with van der Waals surface area (Å²) in [6.45, 7) is 5.40. The Labute approximate surface area is 128 Å². The highest BCUT2D eigenvalue weighted by Gasteiger charge is 2.23. The minimum Gasteiger partial charge on any atom is -0.494 e. The summed E-state index contributed by atoms with van der Waals surface area (Å²) in [4.78, 5) is 26.5. The number of rotatable bonds is 6. The third-order valence-corrected chi connectivity index (χ3v) is 2.76. The summed E-state index contributed by atoms with van der Waals surface area (Å²) < 4.78 is 15.0. The molecule has 0 aliphatic carbocycles. The summed E-state index contributed by atoms with van der Waals surface area (Å²) in [6.07, 6.45) is 1.28. The van der Waals surface area contributed by atoms with Crippen LogP contribution >= 0.6 is 0 Å². The lowest BCUT2D eigenvalue weighted by Crippen LogP contribution is -2.07. The fourth-order valence-electron chi connectivity index (χ4n) is 1.88. The quantitative estimate of drug-likeness (QED) is 0.490. The molecule has 0 amide bonds. The van der Waals surface area contributed by atoms with Crippen LogP contribution in [0.25, 0.3) is 6.08 Å². The molecule has 0 saturated carbocycles. The van der Waals surface area contributed by atoms with E-state index in [1.54, 1.807) is 26.8 Å². The molecule has 0 atom stereocenters. The van der Waals surface area contributed by atoms with Gasteiger partial charge in [-0.1, -0.05) is 0 Å². The third kappa shape index (κ3) is 3.67. The van der Waals surface area contributed by atoms with Gasteiger partial charge in [0.2, 0.25) is 0 Å². The fourth-order valence-corrected chi connectivity index (χ4v) is 1.88. The van der Waals surface area contributed by atoms with Gasteiger partial charge in [0.25, 0.3) is 0 Å². The zero-order valence-corrected chi connectivity index (χ0v) is 13.0. The van der Waals surface area contributed by atoms with Crippen LogP contribution in [-0.2, 0) is 14.3 Å². The number of carbonyl (C=O) groups excluding carboxylic acids is 2. The van der Waals surface area contributed by atoms with E-state index in [2.05, 4.69) is 4.98 Å². The average Bonchev–Trinajstić information content (AvgIpc) is 2.80. The normalized spacial score (nSPS) is 10.8. The molecule has 118 valence electrons. The second kappa shape index (κ2) is 7.88. The predicted molar refractivity (Wildman–Crippen MR) is 78.3 cm³/mol. The Morgan fingerprint density at radius 1 is 1.27 bits per heavy atom. The molecule has 1 aromatic rings. The van der Waals surface area contributed by atoms with Gasteiger partial charge < -0.3 is 19.2 Å². The molecule has 1 aromatic heterocycles. The van der Waals surface area contributed by atoms with Gasteiger partial charge in [-0.2, -0.15) is 5.26 Å². The van der Waals surface area contributed by atoms with E-state index in [1.807, 2.05) is 0 Å². The maximum absolute atomic E-state index is 12.0. The lowest BCUT2D eigenvalue weighted by molar-refractivity contribution is -0.137. The molecular weight excluding hydrogens is 288 g/mol. The molecule has 0 aromatic carbocycles. The van der Waals surface area contributed by atoms with Crippen molar-refractivity contribution in [2.24, 2.45) is 0 Å². The lowest BCUT2D eigenvalue weighted by Gasteiger charge is -2.05. The number of H-pyrrole nitrogens is 1. The van der Waals surface area contributed by atoms with Crippen LogP contribution in [0.4, 0.5) is 0 Å². The first-order valence-electron chi connectivity index (χ1n) is 6.72. The summed E-state index contributed by atoms with van der Waals surface area (Å²) in [5, 5.41) is 9.05. The number of nitrogens with zero attached hydrogens (tertiary/aromatic N) is 1. The molecule has 1 rings (SSSR count). The predicted octanol–water partition coefficient (Wildman–Crippen LogP) is 1.98. The maximum Gasteiger partial charge on any atom is 0.348 e. The minimum absolute atomic E-state index is 0.160. The van der Waals surface area contributed by atoms with E-state index >= 15 is 0 Å². The molecule has 1 N–H and O–H groups in total. The molecule has 1 heterocycles. The molecule has 7 nitrogen and oxygen atoms in total. The van der Waals surface area contributed by atoms with Gasteiger partial charge >= 0.3 is 11.9 Å². The molecule has 0 aliphatic rings. The molecule has 22 heavy (non-hydrogen) atoms. The van der Waals surface area contributed by atoms with Gasteiger partial charge in [-0.3, -0.25) is 0 Å². The SMILES string of the molecule is CCOC(=O)C(C#N)=Cc1[nH]c(C)c(C(=O)OCC)c1OC. The van der Waals surface area contributed by atoms with E-state index in [9.17, 15) is 9.59 Å². The first kappa shape index (κ1) is 17.3. The van der Waals surface area contributed by atoms with Gasteiger partial charge in [-0.05, 0) is 26.8 Å². The number of aromatic amines is 1. The molecule has 0 unspecified atom stereocenters. The van der Waals surface area contributed by atoms with Gasteiger partial charge in [-0.25, -0.2) is 9.59 Å². The Morgan fingerprint density at radius 2 is 1.91 bits per heavy atom. The highest BCUT2D eigenvalue weighted by Crippen LogP contribution is 2.29. The zero-order valence-electron chi connectivity index (χ0n) is 13.0. The number of methoxy groups -OCH3 is 1. The van der Waals surface area contributed by atoms with Gasteiger partial charge in [-0.15, -0.1) is 0 Å². The molecule has 0 aliphatic heterocycles. The summed E-state index contributed by atoms with van der Waals surface area (Å²) in [5.74, 6) is -1.06. The summed E-state index contributed by atoms with van der Waals surface area (Å²) in [6, 6.07) is 1.76. The van der Waals surface area contributed by atoms with Crippen LogP contribution < -0.4 is 4.74 Å². The number of carbonyl (C=O) groups is 2. The molecule has 0 spiro atoms. The van der Waals surface area contributed by atoms with Crippen LogP contribution in [0.2, 0.25) is 0 Å². The molecule has 0 fully saturated rings. The van der Waals surface area contributed by atoms with Gasteiger partial charge in [0.1, 0.15) is 17.2 Å². The van der Waals surface area contributed by atoms with Crippen molar-refractivity contribution in [2.75, 3.05) is 20.3 Å². The van der Waals surface area contributed by atoms with Crippen LogP contribution in [0.15, 0.2) is 5.57 Å². The summed E-state index contributed by atoms with van der Waals surface area (Å²) in [7, 11) is 1.39. The van der Waals surface area contributed by atoms with Crippen molar-refractivity contribution in [1.82, 2.24) is 4.98 Å². The van der Waals surface area contributed by atoms with Crippen molar-refractivity contribution in [3.05, 3.63) is 22.5 Å². The van der Waals surface area contributed by atoms with Crippen LogP contribution in [0.3, 0.4) is 0 Å². The number of ether oxygens (including phenoxy) is 3. The largest absolute Gasteiger partial charge is 0.494 e.